The Morgan fingerprint density at radius 1 is 0.775 bits per heavy atom. The maximum atomic E-state index is 12.9. The molecule has 2 amide bonds. The Labute approximate surface area is 229 Å². The van der Waals surface area contributed by atoms with Gasteiger partial charge in [0.05, 0.1) is 11.9 Å². The van der Waals surface area contributed by atoms with Gasteiger partial charge in [-0.1, -0.05) is 42.5 Å². The lowest BCUT2D eigenvalue weighted by atomic mass is 10.1. The lowest BCUT2D eigenvalue weighted by Crippen LogP contribution is -2.14. The van der Waals surface area contributed by atoms with Gasteiger partial charge in [-0.2, -0.15) is 0 Å². The van der Waals surface area contributed by atoms with E-state index in [1.165, 1.54) is 6.92 Å². The van der Waals surface area contributed by atoms with E-state index in [4.69, 9.17) is 0 Å². The molecule has 6 rings (SSSR count). The van der Waals surface area contributed by atoms with Gasteiger partial charge in [0.1, 0.15) is 5.82 Å². The molecule has 9 heteroatoms. The van der Waals surface area contributed by atoms with Crippen LogP contribution in [0, 0.1) is 0 Å². The molecule has 40 heavy (non-hydrogen) atoms. The van der Waals surface area contributed by atoms with E-state index in [9.17, 15) is 9.59 Å². The summed E-state index contributed by atoms with van der Waals surface area (Å²) >= 11 is 0. The maximum Gasteiger partial charge on any atom is 0.228 e. The highest BCUT2D eigenvalue weighted by Crippen LogP contribution is 2.26. The van der Waals surface area contributed by atoms with Gasteiger partial charge in [-0.15, -0.1) is 10.2 Å². The number of carbonyl (C=O) groups is 2. The Bertz CT molecular complexity index is 1840. The van der Waals surface area contributed by atoms with Gasteiger partial charge in [0.2, 0.25) is 11.8 Å². The first-order valence-corrected chi connectivity index (χ1v) is 12.7. The van der Waals surface area contributed by atoms with Crippen LogP contribution in [0.1, 0.15) is 12.5 Å². The van der Waals surface area contributed by atoms with Crippen LogP contribution in [0.2, 0.25) is 0 Å². The molecule has 3 N–H and O–H groups in total. The topological polar surface area (TPSA) is 114 Å². The number of fused-ring (bicyclic) bond motifs is 2. The minimum Gasteiger partial charge on any atom is -0.326 e. The molecule has 0 bridgehead atoms. The lowest BCUT2D eigenvalue weighted by Gasteiger charge is -2.08. The number of nitrogens with zero attached hydrogens (tertiary/aromatic N) is 4. The first kappa shape index (κ1) is 24.7. The average Bonchev–Trinajstić information content (AvgIpc) is 3.32. The van der Waals surface area contributed by atoms with Crippen molar-refractivity contribution in [3.8, 4) is 5.82 Å². The smallest absolute Gasteiger partial charge is 0.228 e. The molecule has 0 radical (unpaired) electrons. The third-order valence-corrected chi connectivity index (χ3v) is 6.45. The van der Waals surface area contributed by atoms with Gasteiger partial charge >= 0.3 is 0 Å². The zero-order chi connectivity index (χ0) is 27.5. The average molecular weight is 528 g/mol. The Morgan fingerprint density at radius 3 is 2.25 bits per heavy atom. The third-order valence-electron chi connectivity index (χ3n) is 6.45. The number of carbonyl (C=O) groups excluding carboxylic acids is 2. The highest BCUT2D eigenvalue weighted by molar-refractivity contribution is 5.97. The second kappa shape index (κ2) is 10.7. The number of benzene rings is 3. The highest BCUT2D eigenvalue weighted by atomic mass is 16.2. The second-order valence-corrected chi connectivity index (χ2v) is 9.31. The summed E-state index contributed by atoms with van der Waals surface area (Å²) in [6.45, 7) is 1.45. The number of hydrogen-bond acceptors (Lipinski definition) is 6. The minimum atomic E-state index is -0.150. The highest BCUT2D eigenvalue weighted by Gasteiger charge is 2.14. The van der Waals surface area contributed by atoms with Crippen LogP contribution in [0.5, 0.6) is 0 Å². The van der Waals surface area contributed by atoms with Gasteiger partial charge in [-0.3, -0.25) is 14.2 Å². The largest absolute Gasteiger partial charge is 0.326 e. The molecule has 3 aromatic carbocycles. The molecule has 0 aliphatic rings. The van der Waals surface area contributed by atoms with E-state index in [0.29, 0.717) is 28.8 Å². The van der Waals surface area contributed by atoms with Crippen LogP contribution in [0.4, 0.5) is 23.0 Å². The van der Waals surface area contributed by atoms with E-state index in [2.05, 4.69) is 31.1 Å². The van der Waals surface area contributed by atoms with Crippen LogP contribution in [-0.2, 0) is 16.0 Å². The number of rotatable bonds is 7. The van der Waals surface area contributed by atoms with E-state index < -0.39 is 0 Å². The van der Waals surface area contributed by atoms with Crippen LogP contribution in [0.25, 0.3) is 27.5 Å². The van der Waals surface area contributed by atoms with Crippen molar-refractivity contribution in [2.24, 2.45) is 0 Å². The van der Waals surface area contributed by atoms with Crippen molar-refractivity contribution in [2.75, 3.05) is 16.0 Å². The minimum absolute atomic E-state index is 0.148. The van der Waals surface area contributed by atoms with Crippen molar-refractivity contribution < 1.29 is 9.59 Å². The first-order valence-electron chi connectivity index (χ1n) is 12.7. The number of aromatic nitrogens is 4. The van der Waals surface area contributed by atoms with Gasteiger partial charge in [0.15, 0.2) is 11.6 Å². The van der Waals surface area contributed by atoms with Crippen LogP contribution < -0.4 is 16.0 Å². The Hall–Kier alpha value is -5.57. The number of hydrogen-bond donors (Lipinski definition) is 3. The van der Waals surface area contributed by atoms with Crippen LogP contribution >= 0.6 is 0 Å². The van der Waals surface area contributed by atoms with Crippen molar-refractivity contribution in [1.82, 2.24) is 19.7 Å². The number of nitrogens with one attached hydrogen (secondary N) is 3. The summed E-state index contributed by atoms with van der Waals surface area (Å²) in [5.41, 5.74) is 3.12. The van der Waals surface area contributed by atoms with Gasteiger partial charge in [-0.05, 0) is 59.5 Å². The SMILES string of the molecule is CC(=O)Nc1ccc(NC(=O)Cc2cn(-c3ccc(Nc4nccc5ccccc45)nn3)c3ccccc23)cc1. The van der Waals surface area contributed by atoms with E-state index in [0.717, 1.165) is 27.2 Å². The van der Waals surface area contributed by atoms with E-state index in [1.807, 2.05) is 77.5 Å². The fourth-order valence-electron chi connectivity index (χ4n) is 4.66. The van der Waals surface area contributed by atoms with Crippen molar-refractivity contribution in [3.63, 3.8) is 0 Å². The molecule has 196 valence electrons. The molecule has 0 fully saturated rings. The van der Waals surface area contributed by atoms with Gasteiger partial charge < -0.3 is 16.0 Å². The van der Waals surface area contributed by atoms with Crippen molar-refractivity contribution in [2.45, 2.75) is 13.3 Å². The second-order valence-electron chi connectivity index (χ2n) is 9.31. The summed E-state index contributed by atoms with van der Waals surface area (Å²) in [6, 6.07) is 28.6. The number of pyridine rings is 1. The number of para-hydroxylation sites is 1. The molecule has 0 saturated heterocycles. The Kier molecular flexibility index (Phi) is 6.60. The standard InChI is InChI=1S/C31H25N7O2/c1-20(39)33-23-10-12-24(13-11-23)34-30(40)18-22-19-38(27-9-5-4-7-25(22)27)29-15-14-28(36-37-29)35-31-26-8-3-2-6-21(26)16-17-32-31/h2-17,19H,18H2,1H3,(H,33,39)(H,34,40)(H,32,35,36). The molecule has 3 aromatic heterocycles. The van der Waals surface area contributed by atoms with Crippen LogP contribution in [0.15, 0.2) is 103 Å². The molecular weight excluding hydrogens is 502 g/mol. The molecule has 0 saturated carbocycles. The van der Waals surface area contributed by atoms with E-state index >= 15 is 0 Å². The molecule has 0 aliphatic heterocycles. The summed E-state index contributed by atoms with van der Waals surface area (Å²) in [5, 5.41) is 20.8. The van der Waals surface area contributed by atoms with E-state index in [-0.39, 0.29) is 18.2 Å². The van der Waals surface area contributed by atoms with Gasteiger partial charge in [0.25, 0.3) is 0 Å². The fraction of sp³-hybridized carbons (Fsp3) is 0.0645. The van der Waals surface area contributed by atoms with Gasteiger partial charge in [-0.25, -0.2) is 4.98 Å². The molecule has 9 nitrogen and oxygen atoms in total. The predicted octanol–water partition coefficient (Wildman–Crippen LogP) is 5.85. The molecular formula is C31H25N7O2. The predicted molar refractivity (Wildman–Crippen MR) is 157 cm³/mol. The number of anilines is 4. The monoisotopic (exact) mass is 527 g/mol. The van der Waals surface area contributed by atoms with Gasteiger partial charge in [0, 0.05) is 41.5 Å². The first-order chi connectivity index (χ1) is 19.5. The number of amides is 2. The normalized spacial score (nSPS) is 10.9. The zero-order valence-corrected chi connectivity index (χ0v) is 21.6. The molecule has 0 unspecified atom stereocenters. The van der Waals surface area contributed by atoms with Crippen molar-refractivity contribution in [3.05, 3.63) is 109 Å². The quantitative estimate of drug-likeness (QED) is 0.240. The van der Waals surface area contributed by atoms with Crippen LogP contribution in [0.3, 0.4) is 0 Å². The summed E-state index contributed by atoms with van der Waals surface area (Å²) in [4.78, 5) is 28.6. The molecule has 3 heterocycles. The van der Waals surface area contributed by atoms with E-state index in [1.54, 1.807) is 30.5 Å². The third kappa shape index (κ3) is 5.21. The Balaban J connectivity index is 1.21. The molecule has 6 aromatic rings. The van der Waals surface area contributed by atoms with Crippen molar-refractivity contribution >= 4 is 56.5 Å². The summed E-state index contributed by atoms with van der Waals surface area (Å²) < 4.78 is 1.94. The summed E-state index contributed by atoms with van der Waals surface area (Å²) in [6.07, 6.45) is 3.87. The zero-order valence-electron chi connectivity index (χ0n) is 21.6. The fourth-order valence-corrected chi connectivity index (χ4v) is 4.66. The lowest BCUT2D eigenvalue weighted by molar-refractivity contribution is -0.116. The summed E-state index contributed by atoms with van der Waals surface area (Å²) in [7, 11) is 0. The molecule has 0 aliphatic carbocycles. The summed E-state index contributed by atoms with van der Waals surface area (Å²) in [5.74, 6) is 1.62. The van der Waals surface area contributed by atoms with Crippen molar-refractivity contribution in [1.29, 1.82) is 0 Å². The maximum absolute atomic E-state index is 12.9. The molecule has 0 spiro atoms. The van der Waals surface area contributed by atoms with Crippen LogP contribution in [-0.4, -0.2) is 31.6 Å². The Morgan fingerprint density at radius 2 is 1.50 bits per heavy atom. The molecule has 0 atom stereocenters.